The molecule has 0 atom stereocenters. The van der Waals surface area contributed by atoms with Crippen molar-refractivity contribution in [1.29, 1.82) is 0 Å². The Hall–Kier alpha value is -1.27. The van der Waals surface area contributed by atoms with E-state index in [1.807, 2.05) is 0 Å². The first kappa shape index (κ1) is 31.9. The van der Waals surface area contributed by atoms with Gasteiger partial charge in [0.2, 0.25) is 0 Å². The van der Waals surface area contributed by atoms with Gasteiger partial charge in [-0.1, -0.05) is 96.9 Å². The van der Waals surface area contributed by atoms with Crippen LogP contribution in [0.1, 0.15) is 99.9 Å². The molecule has 192 valence electrons. The summed E-state index contributed by atoms with van der Waals surface area (Å²) in [6.45, 7) is 18.1. The maximum atomic E-state index is 3.50. The minimum atomic E-state index is 0. The van der Waals surface area contributed by atoms with Gasteiger partial charge in [0.1, 0.15) is 0 Å². The van der Waals surface area contributed by atoms with Gasteiger partial charge in [-0.3, -0.25) is 6.08 Å². The maximum Gasteiger partial charge on any atom is 4.00 e. The summed E-state index contributed by atoms with van der Waals surface area (Å²) in [4.78, 5) is 0. The standard InChI is InChI=1S/C23H21.C11H17.2ClH.Zr/c1-22(2)7-5-14-10-18-16(12-20(14)22)9-17-13-21-15(11-19(17)18)6-8-23(21,3)4;1-5-9-6-7-10(8-9)11(2,3)4;;;/h5-7,10-13H,9H2,1-4H3;6-8H,5H2,1-4H3;2*1H;/q2*-1;;;+4/p-2. The van der Waals surface area contributed by atoms with E-state index in [2.05, 4.69) is 122 Å². The van der Waals surface area contributed by atoms with Crippen molar-refractivity contribution in [3.63, 3.8) is 0 Å². The van der Waals surface area contributed by atoms with Gasteiger partial charge in [0.15, 0.2) is 0 Å². The van der Waals surface area contributed by atoms with Gasteiger partial charge in [-0.15, -0.1) is 11.6 Å². The van der Waals surface area contributed by atoms with E-state index in [1.54, 1.807) is 0 Å². The number of rotatable bonds is 1. The molecule has 3 aromatic carbocycles. The molecule has 3 aliphatic carbocycles. The summed E-state index contributed by atoms with van der Waals surface area (Å²) in [5, 5.41) is 0. The molecule has 0 amide bonds. The number of benzene rings is 2. The van der Waals surface area contributed by atoms with Crippen LogP contribution in [0.4, 0.5) is 0 Å². The molecule has 6 rings (SSSR count). The predicted molar refractivity (Wildman–Crippen MR) is 148 cm³/mol. The van der Waals surface area contributed by atoms with Crippen LogP contribution in [0.3, 0.4) is 0 Å². The van der Waals surface area contributed by atoms with Crippen molar-refractivity contribution in [3.05, 3.63) is 99.1 Å². The second-order valence-electron chi connectivity index (χ2n) is 12.5. The molecule has 0 nitrogen and oxygen atoms in total. The Morgan fingerprint density at radius 3 is 2.00 bits per heavy atom. The summed E-state index contributed by atoms with van der Waals surface area (Å²) < 4.78 is 0. The Morgan fingerprint density at radius 1 is 0.865 bits per heavy atom. The fourth-order valence-electron chi connectivity index (χ4n) is 5.58. The van der Waals surface area contributed by atoms with E-state index >= 15 is 0 Å². The summed E-state index contributed by atoms with van der Waals surface area (Å²) in [5.41, 5.74) is 14.9. The first-order valence-electron chi connectivity index (χ1n) is 12.8. The number of halogens is 2. The first-order valence-corrected chi connectivity index (χ1v) is 12.8. The Labute approximate surface area is 256 Å². The zero-order valence-corrected chi connectivity index (χ0v) is 27.4. The molecule has 0 N–H and O–H groups in total. The third-order valence-electron chi connectivity index (χ3n) is 7.95. The normalized spacial score (nSPS) is 16.2. The monoisotopic (exact) mass is 606 g/mol. The molecule has 0 heterocycles. The van der Waals surface area contributed by atoms with Crippen molar-refractivity contribution in [2.24, 2.45) is 0 Å². The van der Waals surface area contributed by atoms with Crippen molar-refractivity contribution in [3.8, 4) is 11.1 Å². The van der Waals surface area contributed by atoms with Gasteiger partial charge in [0, 0.05) is 5.41 Å². The minimum absolute atomic E-state index is 0. The maximum absolute atomic E-state index is 3.50. The average Bonchev–Trinajstić information content (AvgIpc) is 3.51. The summed E-state index contributed by atoms with van der Waals surface area (Å²) in [7, 11) is 0. The van der Waals surface area contributed by atoms with E-state index in [1.165, 1.54) is 55.6 Å². The number of hydrogen-bond acceptors (Lipinski definition) is 0. The van der Waals surface area contributed by atoms with Crippen molar-refractivity contribution in [1.82, 2.24) is 0 Å². The summed E-state index contributed by atoms with van der Waals surface area (Å²) in [6, 6.07) is 16.4. The molecule has 3 aliphatic rings. The minimum Gasteiger partial charge on any atom is -1.00 e. The molecule has 0 saturated carbocycles. The van der Waals surface area contributed by atoms with Gasteiger partial charge < -0.3 is 24.8 Å². The van der Waals surface area contributed by atoms with E-state index < -0.39 is 0 Å². The molecule has 0 spiro atoms. The largest absolute Gasteiger partial charge is 4.00 e. The molecular formula is C34H38Cl2Zr. The molecule has 3 heteroatoms. The van der Waals surface area contributed by atoms with Crippen LogP contribution in [0.15, 0.2) is 48.5 Å². The Balaban J connectivity index is 0.000000298. The van der Waals surface area contributed by atoms with Gasteiger partial charge in [-0.2, -0.15) is 28.8 Å². The van der Waals surface area contributed by atoms with Crippen LogP contribution in [0.5, 0.6) is 0 Å². The van der Waals surface area contributed by atoms with E-state index in [9.17, 15) is 0 Å². The van der Waals surface area contributed by atoms with Crippen LogP contribution in [0, 0.1) is 6.08 Å². The van der Waals surface area contributed by atoms with E-state index in [0.29, 0.717) is 5.41 Å². The van der Waals surface area contributed by atoms with Gasteiger partial charge in [-0.05, 0) is 45.9 Å². The van der Waals surface area contributed by atoms with E-state index in [0.717, 1.165) is 12.8 Å². The fraction of sp³-hybridized carbons (Fsp3) is 0.382. The second-order valence-corrected chi connectivity index (χ2v) is 12.5. The molecule has 0 unspecified atom stereocenters. The van der Waals surface area contributed by atoms with Crippen molar-refractivity contribution < 1.29 is 51.0 Å². The number of fused-ring (bicyclic) bond motifs is 5. The molecule has 0 saturated heterocycles. The average molecular weight is 609 g/mol. The smallest absolute Gasteiger partial charge is 1.00 e. The molecule has 37 heavy (non-hydrogen) atoms. The van der Waals surface area contributed by atoms with Crippen LogP contribution >= 0.6 is 0 Å². The van der Waals surface area contributed by atoms with Gasteiger partial charge >= 0.3 is 26.2 Å². The Kier molecular flexibility index (Phi) is 9.56. The molecule has 0 bridgehead atoms. The van der Waals surface area contributed by atoms with Crippen LogP contribution in [0.25, 0.3) is 23.3 Å². The zero-order chi connectivity index (χ0) is 24.5. The predicted octanol–water partition coefficient (Wildman–Crippen LogP) is 2.94. The van der Waals surface area contributed by atoms with Crippen LogP contribution < -0.4 is 24.8 Å². The van der Waals surface area contributed by atoms with Crippen molar-refractivity contribution in [2.75, 3.05) is 0 Å². The Bertz CT molecular complexity index is 1270. The van der Waals surface area contributed by atoms with Crippen LogP contribution in [0.2, 0.25) is 0 Å². The molecule has 3 aromatic rings. The molecule has 0 fully saturated rings. The molecule has 0 aliphatic heterocycles. The summed E-state index contributed by atoms with van der Waals surface area (Å²) in [5.74, 6) is 0. The van der Waals surface area contributed by atoms with E-state index in [4.69, 9.17) is 0 Å². The third-order valence-corrected chi connectivity index (χ3v) is 7.95. The SMILES string of the molecule is CC1(C)[C-]=Cc2cc3c(cc21)Cc1cc2c(cc1-3)C=CC2(C)C.CCc1cc(C(C)(C)C)c[cH-]1.[Cl-].[Cl-].[Zr+4]. The van der Waals surface area contributed by atoms with Crippen LogP contribution in [-0.2, 0) is 55.3 Å². The van der Waals surface area contributed by atoms with Crippen molar-refractivity contribution in [2.45, 2.75) is 84.5 Å². The van der Waals surface area contributed by atoms with Gasteiger partial charge in [-0.25, -0.2) is 12.1 Å². The number of aryl methyl sites for hydroxylation is 1. The van der Waals surface area contributed by atoms with Crippen LogP contribution in [-0.4, -0.2) is 0 Å². The fourth-order valence-corrected chi connectivity index (χ4v) is 5.58. The topological polar surface area (TPSA) is 0 Å². The number of hydrogen-bond donors (Lipinski definition) is 0. The zero-order valence-electron chi connectivity index (χ0n) is 23.4. The van der Waals surface area contributed by atoms with Gasteiger partial charge in [0.05, 0.1) is 0 Å². The third kappa shape index (κ3) is 5.85. The second kappa shape index (κ2) is 11.1. The Morgan fingerprint density at radius 2 is 1.46 bits per heavy atom. The quantitative estimate of drug-likeness (QED) is 0.292. The molecular weight excluding hydrogens is 571 g/mol. The number of allylic oxidation sites excluding steroid dienone is 2. The first-order chi connectivity index (χ1) is 15.9. The summed E-state index contributed by atoms with van der Waals surface area (Å²) >= 11 is 0. The van der Waals surface area contributed by atoms with Gasteiger partial charge in [0.25, 0.3) is 0 Å². The molecule has 0 aromatic heterocycles. The van der Waals surface area contributed by atoms with Crippen molar-refractivity contribution >= 4 is 12.2 Å². The van der Waals surface area contributed by atoms with E-state index in [-0.39, 0.29) is 61.8 Å². The molecule has 0 radical (unpaired) electrons. The summed E-state index contributed by atoms with van der Waals surface area (Å²) in [6.07, 6.45) is 12.5.